The molecular weight excluding hydrogens is 573 g/mol. The first kappa shape index (κ1) is 29.7. The Morgan fingerprint density at radius 3 is 2.17 bits per heavy atom. The average molecular weight is 591 g/mol. The van der Waals surface area contributed by atoms with E-state index in [0.29, 0.717) is 12.1 Å². The number of nitrogens with one attached hydrogen (secondary N) is 2. The lowest BCUT2D eigenvalue weighted by Crippen LogP contribution is -2.42. The average Bonchev–Trinajstić information content (AvgIpc) is 3.36. The lowest BCUT2D eigenvalue weighted by atomic mass is 9.84. The first-order valence-corrected chi connectivity index (χ1v) is 11.7. The molecule has 1 aliphatic heterocycles. The molecule has 1 aliphatic rings. The van der Waals surface area contributed by atoms with Crippen LogP contribution in [0.2, 0.25) is 0 Å². The van der Waals surface area contributed by atoms with Crippen molar-refractivity contribution in [3.05, 3.63) is 82.9 Å². The Kier molecular flexibility index (Phi) is 7.67. The second-order valence-corrected chi connectivity index (χ2v) is 8.99. The summed E-state index contributed by atoms with van der Waals surface area (Å²) >= 11 is 0. The smallest absolute Gasteiger partial charge is 0.374 e. The Morgan fingerprint density at radius 2 is 1.54 bits per heavy atom. The number of carbonyl (C=O) groups excluding carboxylic acids is 2. The Balaban J connectivity index is 1.63. The molecule has 1 atom stereocenters. The van der Waals surface area contributed by atoms with E-state index in [2.05, 4.69) is 10.5 Å². The fraction of sp³-hybridized carbons (Fsp3) is 0.269. The lowest BCUT2D eigenvalue weighted by Gasteiger charge is -2.30. The minimum atomic E-state index is -5.18. The van der Waals surface area contributed by atoms with Crippen molar-refractivity contribution in [2.24, 2.45) is 5.16 Å². The summed E-state index contributed by atoms with van der Waals surface area (Å²) in [5.41, 5.74) is -5.53. The highest BCUT2D eigenvalue weighted by molar-refractivity contribution is 6.16. The Bertz CT molecular complexity index is 1510. The van der Waals surface area contributed by atoms with E-state index in [1.807, 2.05) is 0 Å². The maximum absolute atomic E-state index is 14.3. The molecule has 0 unspecified atom stereocenters. The molecule has 2 amide bonds. The van der Waals surface area contributed by atoms with Gasteiger partial charge in [0.2, 0.25) is 5.91 Å². The number of rotatable bonds is 6. The monoisotopic (exact) mass is 591 g/mol. The number of carbonyl (C=O) groups is 2. The highest BCUT2D eigenvalue weighted by Gasteiger charge is 2.62. The van der Waals surface area contributed by atoms with Crippen molar-refractivity contribution in [3.63, 3.8) is 0 Å². The van der Waals surface area contributed by atoms with Gasteiger partial charge in [0.1, 0.15) is 6.54 Å². The van der Waals surface area contributed by atoms with Gasteiger partial charge in [-0.05, 0) is 29.0 Å². The molecule has 0 saturated carbocycles. The quantitative estimate of drug-likeness (QED) is 0.353. The summed E-state index contributed by atoms with van der Waals surface area (Å²) in [6, 6.07) is 11.0. The van der Waals surface area contributed by atoms with E-state index in [-0.39, 0.29) is 27.6 Å². The third-order valence-corrected chi connectivity index (χ3v) is 6.22. The maximum Gasteiger partial charge on any atom is 0.435 e. The topological polar surface area (TPSA) is 79.8 Å². The third kappa shape index (κ3) is 6.23. The van der Waals surface area contributed by atoms with E-state index in [1.54, 1.807) is 5.32 Å². The molecule has 6 nitrogen and oxygen atoms in total. The van der Waals surface area contributed by atoms with E-state index in [0.717, 1.165) is 12.1 Å². The van der Waals surface area contributed by atoms with E-state index >= 15 is 0 Å². The number of fused-ring (bicyclic) bond motifs is 1. The summed E-state index contributed by atoms with van der Waals surface area (Å²) in [6.07, 6.45) is -15.7. The minimum absolute atomic E-state index is 0.0487. The molecule has 0 bridgehead atoms. The molecule has 0 radical (unpaired) electrons. The van der Waals surface area contributed by atoms with Crippen molar-refractivity contribution >= 4 is 28.3 Å². The van der Waals surface area contributed by atoms with E-state index in [9.17, 15) is 49.1 Å². The van der Waals surface area contributed by atoms with Gasteiger partial charge in [-0.3, -0.25) is 9.59 Å². The number of benzene rings is 3. The zero-order valence-electron chi connectivity index (χ0n) is 20.5. The maximum atomic E-state index is 14.3. The van der Waals surface area contributed by atoms with Gasteiger partial charge >= 0.3 is 18.5 Å². The molecule has 1 heterocycles. The second-order valence-electron chi connectivity index (χ2n) is 8.99. The van der Waals surface area contributed by atoms with Gasteiger partial charge in [0.25, 0.3) is 11.5 Å². The van der Waals surface area contributed by atoms with Crippen LogP contribution in [-0.2, 0) is 21.4 Å². The molecule has 3 aromatic rings. The number of amides is 2. The zero-order chi connectivity index (χ0) is 30.2. The van der Waals surface area contributed by atoms with Gasteiger partial charge in [-0.15, -0.1) is 0 Å². The van der Waals surface area contributed by atoms with Gasteiger partial charge in [0.15, 0.2) is 0 Å². The molecule has 0 saturated heterocycles. The Hall–Kier alpha value is -4.30. The van der Waals surface area contributed by atoms with Crippen molar-refractivity contribution in [2.75, 3.05) is 13.1 Å². The minimum Gasteiger partial charge on any atom is -0.374 e. The van der Waals surface area contributed by atoms with Crippen LogP contribution in [0.5, 0.6) is 0 Å². The number of alkyl halides is 9. The highest BCUT2D eigenvalue weighted by Crippen LogP contribution is 2.50. The van der Waals surface area contributed by atoms with Crippen molar-refractivity contribution in [3.8, 4) is 0 Å². The molecule has 15 heteroatoms. The van der Waals surface area contributed by atoms with Crippen LogP contribution in [-0.4, -0.2) is 43.0 Å². The van der Waals surface area contributed by atoms with Crippen LogP contribution in [0.3, 0.4) is 0 Å². The highest BCUT2D eigenvalue weighted by atomic mass is 19.4. The second kappa shape index (κ2) is 10.6. The Labute approximate surface area is 225 Å². The normalized spacial score (nSPS) is 17.6. The summed E-state index contributed by atoms with van der Waals surface area (Å²) in [4.78, 5) is 29.2. The Morgan fingerprint density at radius 1 is 0.854 bits per heavy atom. The van der Waals surface area contributed by atoms with Crippen LogP contribution >= 0.6 is 0 Å². The first-order chi connectivity index (χ1) is 19.0. The van der Waals surface area contributed by atoms with Crippen molar-refractivity contribution in [1.29, 1.82) is 0 Å². The molecule has 0 fully saturated rings. The largest absolute Gasteiger partial charge is 0.435 e. The molecule has 3 aromatic carbocycles. The third-order valence-electron chi connectivity index (χ3n) is 6.22. The van der Waals surface area contributed by atoms with Crippen molar-refractivity contribution in [1.82, 2.24) is 10.6 Å². The number of nitrogens with zero attached hydrogens (tertiary/aromatic N) is 1. The predicted molar refractivity (Wildman–Crippen MR) is 127 cm³/mol. The standard InChI is InChI=1S/C26H18F9N3O3/c27-24(28,29)13-37-21(39)12-36-22(40)19-9-8-18(16-6-1-2-7-17(16)19)20-11-23(41-38-20,26(33,34)35)14-4-3-5-15(10-14)25(30,31)32/h1-10H,11-13H2,(H,36,40)(H,37,39)/t23-/m0/s1. The van der Waals surface area contributed by atoms with E-state index in [4.69, 9.17) is 4.84 Å². The van der Waals surface area contributed by atoms with Gasteiger partial charge in [-0.25, -0.2) is 0 Å². The predicted octanol–water partition coefficient (Wildman–Crippen LogP) is 5.85. The zero-order valence-corrected chi connectivity index (χ0v) is 20.5. The van der Waals surface area contributed by atoms with Crippen molar-refractivity contribution in [2.45, 2.75) is 30.6 Å². The van der Waals surface area contributed by atoms with Crippen LogP contribution < -0.4 is 10.6 Å². The molecule has 218 valence electrons. The van der Waals surface area contributed by atoms with Crippen molar-refractivity contribution < 1.29 is 53.9 Å². The molecule has 0 spiro atoms. The molecule has 0 aliphatic carbocycles. The summed E-state index contributed by atoms with van der Waals surface area (Å²) in [5.74, 6) is -1.96. The summed E-state index contributed by atoms with van der Waals surface area (Å²) in [5, 5.41) is 7.78. The summed E-state index contributed by atoms with van der Waals surface area (Å²) < 4.78 is 120. The number of halogens is 9. The number of oxime groups is 1. The molecule has 2 N–H and O–H groups in total. The molecule has 0 aromatic heterocycles. The van der Waals surface area contributed by atoms with Crippen LogP contribution in [0.4, 0.5) is 39.5 Å². The lowest BCUT2D eigenvalue weighted by molar-refractivity contribution is -0.276. The van der Waals surface area contributed by atoms with Crippen LogP contribution in [0.1, 0.15) is 33.5 Å². The van der Waals surface area contributed by atoms with Gasteiger partial charge in [0, 0.05) is 23.1 Å². The number of hydrogen-bond donors (Lipinski definition) is 2. The SMILES string of the molecule is O=C(CNC(=O)c1ccc(C2=NO[C@@](c3cccc(C(F)(F)F)c3)(C(F)(F)F)C2)c2ccccc12)NCC(F)(F)F. The van der Waals surface area contributed by atoms with E-state index in [1.165, 1.54) is 36.4 Å². The fourth-order valence-corrected chi connectivity index (χ4v) is 4.26. The number of hydrogen-bond acceptors (Lipinski definition) is 4. The van der Waals surface area contributed by atoms with Gasteiger partial charge in [0.05, 0.1) is 17.8 Å². The summed E-state index contributed by atoms with van der Waals surface area (Å²) in [6.45, 7) is -2.37. The molecule has 41 heavy (non-hydrogen) atoms. The van der Waals surface area contributed by atoms with E-state index < -0.39 is 66.6 Å². The first-order valence-electron chi connectivity index (χ1n) is 11.7. The van der Waals surface area contributed by atoms with Gasteiger partial charge in [-0.2, -0.15) is 39.5 Å². The van der Waals surface area contributed by atoms with Crippen LogP contribution in [0.25, 0.3) is 10.8 Å². The van der Waals surface area contributed by atoms with Gasteiger partial charge in [-0.1, -0.05) is 47.6 Å². The summed E-state index contributed by atoms with van der Waals surface area (Å²) in [7, 11) is 0. The van der Waals surface area contributed by atoms with Crippen LogP contribution in [0, 0.1) is 0 Å². The molecule has 4 rings (SSSR count). The van der Waals surface area contributed by atoms with Crippen LogP contribution in [0.15, 0.2) is 65.8 Å². The van der Waals surface area contributed by atoms with Gasteiger partial charge < -0.3 is 15.5 Å². The molecular formula is C26H18F9N3O3. The fourth-order valence-electron chi connectivity index (χ4n) is 4.26.